The van der Waals surface area contributed by atoms with Gasteiger partial charge in [-0.1, -0.05) is 0 Å². The highest BCUT2D eigenvalue weighted by Gasteiger charge is 2.35. The first-order chi connectivity index (χ1) is 10.4. The van der Waals surface area contributed by atoms with Gasteiger partial charge in [0.2, 0.25) is 0 Å². The summed E-state index contributed by atoms with van der Waals surface area (Å²) in [5.41, 5.74) is 0. The summed E-state index contributed by atoms with van der Waals surface area (Å²) in [4.78, 5) is 24.8. The number of benzene rings is 1. The number of morpholine rings is 1. The normalized spacial score (nSPS) is 19.6. The van der Waals surface area contributed by atoms with Gasteiger partial charge in [0.05, 0.1) is 17.7 Å². The fraction of sp³-hybridized carbons (Fsp3) is 0.429. The summed E-state index contributed by atoms with van der Waals surface area (Å²) in [5.74, 6) is -1.70. The van der Waals surface area contributed by atoms with Gasteiger partial charge in [0.25, 0.3) is 5.91 Å². The van der Waals surface area contributed by atoms with Crippen molar-refractivity contribution in [1.82, 2.24) is 4.90 Å². The summed E-state index contributed by atoms with van der Waals surface area (Å²) in [5, 5.41) is 9.14. The molecular formula is C14H15BrFNO5. The number of carboxylic acid groups (broad SMARTS) is 1. The molecule has 0 radical (unpaired) electrons. The number of aliphatic carboxylic acids is 1. The zero-order valence-electron chi connectivity index (χ0n) is 11.8. The van der Waals surface area contributed by atoms with Crippen LogP contribution in [0.4, 0.5) is 4.39 Å². The lowest BCUT2D eigenvalue weighted by molar-refractivity contribution is -0.161. The first-order valence-electron chi connectivity index (χ1n) is 6.63. The van der Waals surface area contributed by atoms with Crippen LogP contribution in [0, 0.1) is 5.82 Å². The minimum absolute atomic E-state index is 0.0476. The summed E-state index contributed by atoms with van der Waals surface area (Å²) in [6, 6.07) is 2.81. The fourth-order valence-corrected chi connectivity index (χ4v) is 2.56. The maximum absolute atomic E-state index is 13.0. The Kier molecular flexibility index (Phi) is 5.36. The Balaban J connectivity index is 2.09. The van der Waals surface area contributed by atoms with Gasteiger partial charge in [-0.25, -0.2) is 9.18 Å². The molecule has 1 aliphatic rings. The van der Waals surface area contributed by atoms with Crippen LogP contribution in [0.2, 0.25) is 0 Å². The Morgan fingerprint density at radius 3 is 2.91 bits per heavy atom. The zero-order valence-corrected chi connectivity index (χ0v) is 13.4. The van der Waals surface area contributed by atoms with Crippen molar-refractivity contribution in [3.63, 3.8) is 0 Å². The van der Waals surface area contributed by atoms with Crippen LogP contribution in [0.25, 0.3) is 0 Å². The first-order valence-corrected chi connectivity index (χ1v) is 7.42. The molecule has 1 heterocycles. The van der Waals surface area contributed by atoms with Crippen molar-refractivity contribution in [3.05, 3.63) is 28.5 Å². The molecule has 0 aromatic heterocycles. The molecular weight excluding hydrogens is 361 g/mol. The molecule has 1 N–H and O–H groups in total. The van der Waals surface area contributed by atoms with E-state index in [1.165, 1.54) is 30.0 Å². The second-order valence-electron chi connectivity index (χ2n) is 4.80. The van der Waals surface area contributed by atoms with Crippen LogP contribution in [-0.2, 0) is 14.3 Å². The predicted molar refractivity (Wildman–Crippen MR) is 78.1 cm³/mol. The number of nitrogens with zero attached hydrogens (tertiary/aromatic N) is 1. The molecule has 1 aromatic carbocycles. The third kappa shape index (κ3) is 3.75. The maximum Gasteiger partial charge on any atom is 0.328 e. The highest BCUT2D eigenvalue weighted by molar-refractivity contribution is 9.10. The molecule has 2 rings (SSSR count). The monoisotopic (exact) mass is 375 g/mol. The molecule has 6 nitrogen and oxygen atoms in total. The minimum atomic E-state index is -1.12. The fourth-order valence-electron chi connectivity index (χ4n) is 2.12. The number of amides is 1. The third-order valence-electron chi connectivity index (χ3n) is 3.24. The summed E-state index contributed by atoms with van der Waals surface area (Å²) < 4.78 is 24.0. The van der Waals surface area contributed by atoms with E-state index in [9.17, 15) is 14.0 Å². The standard InChI is InChI=1S/C14H15BrFNO5/c1-8(22-12-3-2-9(16)6-10(12)15)13(18)17-4-5-21-7-11(17)14(19)20/h2-3,6,8,11H,4-5,7H2,1H3,(H,19,20)/t8-,11+/m0/s1. The summed E-state index contributed by atoms with van der Waals surface area (Å²) in [7, 11) is 0. The molecule has 0 aliphatic carbocycles. The molecule has 1 fully saturated rings. The molecule has 1 saturated heterocycles. The number of halogens is 2. The largest absolute Gasteiger partial charge is 0.480 e. The van der Waals surface area contributed by atoms with Crippen LogP contribution in [0.1, 0.15) is 6.92 Å². The molecule has 0 unspecified atom stereocenters. The number of ether oxygens (including phenoxy) is 2. The van der Waals surface area contributed by atoms with E-state index in [2.05, 4.69) is 15.9 Å². The Bertz CT molecular complexity index is 582. The van der Waals surface area contributed by atoms with Crippen LogP contribution in [0.5, 0.6) is 5.75 Å². The van der Waals surface area contributed by atoms with Crippen molar-refractivity contribution in [3.8, 4) is 5.75 Å². The van der Waals surface area contributed by atoms with E-state index in [4.69, 9.17) is 14.6 Å². The highest BCUT2D eigenvalue weighted by Crippen LogP contribution is 2.27. The average molecular weight is 376 g/mol. The van der Waals surface area contributed by atoms with Crippen LogP contribution in [0.15, 0.2) is 22.7 Å². The van der Waals surface area contributed by atoms with Crippen molar-refractivity contribution >= 4 is 27.8 Å². The first kappa shape index (κ1) is 16.7. The van der Waals surface area contributed by atoms with Crippen molar-refractivity contribution < 1.29 is 28.6 Å². The van der Waals surface area contributed by atoms with E-state index in [0.29, 0.717) is 10.2 Å². The van der Waals surface area contributed by atoms with Crippen molar-refractivity contribution in [2.45, 2.75) is 19.1 Å². The van der Waals surface area contributed by atoms with Gasteiger partial charge in [0.15, 0.2) is 12.1 Å². The lowest BCUT2D eigenvalue weighted by Gasteiger charge is -2.34. The van der Waals surface area contributed by atoms with E-state index < -0.39 is 29.8 Å². The molecule has 8 heteroatoms. The predicted octanol–water partition coefficient (Wildman–Crippen LogP) is 1.67. The van der Waals surface area contributed by atoms with E-state index in [-0.39, 0.29) is 19.8 Å². The molecule has 1 amide bonds. The second-order valence-corrected chi connectivity index (χ2v) is 5.65. The van der Waals surface area contributed by atoms with E-state index >= 15 is 0 Å². The van der Waals surface area contributed by atoms with Gasteiger partial charge in [-0.2, -0.15) is 0 Å². The van der Waals surface area contributed by atoms with Crippen LogP contribution < -0.4 is 4.74 Å². The Morgan fingerprint density at radius 1 is 1.55 bits per heavy atom. The number of carboxylic acids is 1. The SMILES string of the molecule is C[C@H](Oc1ccc(F)cc1Br)C(=O)N1CCOC[C@@H]1C(=O)O. The van der Waals surface area contributed by atoms with Gasteiger partial charge >= 0.3 is 5.97 Å². The van der Waals surface area contributed by atoms with Gasteiger partial charge in [0, 0.05) is 6.54 Å². The summed E-state index contributed by atoms with van der Waals surface area (Å²) >= 11 is 3.15. The molecule has 0 bridgehead atoms. The number of carbonyl (C=O) groups is 2. The van der Waals surface area contributed by atoms with Crippen molar-refractivity contribution in [2.24, 2.45) is 0 Å². The Hall–Kier alpha value is -1.67. The van der Waals surface area contributed by atoms with Gasteiger partial charge in [-0.15, -0.1) is 0 Å². The number of rotatable bonds is 4. The topological polar surface area (TPSA) is 76.1 Å². The van der Waals surface area contributed by atoms with E-state index in [1.807, 2.05) is 0 Å². The number of carbonyl (C=O) groups excluding carboxylic acids is 1. The Labute approximate surface area is 134 Å². The minimum Gasteiger partial charge on any atom is -0.480 e. The lowest BCUT2D eigenvalue weighted by Crippen LogP contribution is -2.55. The number of hydrogen-bond donors (Lipinski definition) is 1. The number of hydrogen-bond acceptors (Lipinski definition) is 4. The van der Waals surface area contributed by atoms with Crippen molar-refractivity contribution in [1.29, 1.82) is 0 Å². The highest BCUT2D eigenvalue weighted by atomic mass is 79.9. The molecule has 120 valence electrons. The molecule has 1 aromatic rings. The summed E-state index contributed by atoms with van der Waals surface area (Å²) in [6.07, 6.45) is -0.901. The summed E-state index contributed by atoms with van der Waals surface area (Å²) in [6.45, 7) is 1.94. The molecule has 0 saturated carbocycles. The van der Waals surface area contributed by atoms with Crippen molar-refractivity contribution in [2.75, 3.05) is 19.8 Å². The Morgan fingerprint density at radius 2 is 2.27 bits per heavy atom. The third-order valence-corrected chi connectivity index (χ3v) is 3.86. The maximum atomic E-state index is 13.0. The van der Waals surface area contributed by atoms with Gasteiger partial charge in [0.1, 0.15) is 11.6 Å². The molecule has 1 aliphatic heterocycles. The smallest absolute Gasteiger partial charge is 0.328 e. The quantitative estimate of drug-likeness (QED) is 0.865. The van der Waals surface area contributed by atoms with Crippen LogP contribution in [-0.4, -0.2) is 53.8 Å². The average Bonchev–Trinajstić information content (AvgIpc) is 2.49. The van der Waals surface area contributed by atoms with Crippen LogP contribution >= 0.6 is 15.9 Å². The van der Waals surface area contributed by atoms with Gasteiger partial charge < -0.3 is 19.5 Å². The molecule has 2 atom stereocenters. The van der Waals surface area contributed by atoms with Gasteiger partial charge in [-0.3, -0.25) is 4.79 Å². The zero-order chi connectivity index (χ0) is 16.3. The van der Waals surface area contributed by atoms with E-state index in [1.54, 1.807) is 0 Å². The van der Waals surface area contributed by atoms with E-state index in [0.717, 1.165) is 0 Å². The van der Waals surface area contributed by atoms with Crippen LogP contribution in [0.3, 0.4) is 0 Å². The van der Waals surface area contributed by atoms with Gasteiger partial charge in [-0.05, 0) is 41.1 Å². The lowest BCUT2D eigenvalue weighted by atomic mass is 10.2. The molecule has 0 spiro atoms. The molecule has 22 heavy (non-hydrogen) atoms. The second kappa shape index (κ2) is 7.06.